The van der Waals surface area contributed by atoms with Gasteiger partial charge >= 0.3 is 0 Å². The molecule has 100 valence electrons. The van der Waals surface area contributed by atoms with Gasteiger partial charge in [-0.25, -0.2) is 4.98 Å². The maximum absolute atomic E-state index is 11.6. The number of hydrogen-bond acceptors (Lipinski definition) is 6. The third-order valence-electron chi connectivity index (χ3n) is 2.65. The van der Waals surface area contributed by atoms with E-state index < -0.39 is 5.56 Å². The van der Waals surface area contributed by atoms with Crippen molar-refractivity contribution in [3.63, 3.8) is 0 Å². The van der Waals surface area contributed by atoms with Crippen molar-refractivity contribution in [2.45, 2.75) is 0 Å². The maximum atomic E-state index is 11.6. The molecule has 2 aromatic rings. The Balaban J connectivity index is 2.66. The summed E-state index contributed by atoms with van der Waals surface area (Å²) < 4.78 is 10.3. The smallest absolute Gasteiger partial charge is 0.276 e. The van der Waals surface area contributed by atoms with E-state index in [0.717, 1.165) is 0 Å². The highest BCUT2D eigenvalue weighted by molar-refractivity contribution is 5.69. The van der Waals surface area contributed by atoms with Crippen molar-refractivity contribution >= 4 is 11.5 Å². The molecular weight excluding hydrogens is 248 g/mol. The molecule has 5 N–H and O–H groups in total. The molecule has 7 nitrogen and oxygen atoms in total. The molecular formula is C12H14N4O3. The lowest BCUT2D eigenvalue weighted by atomic mass is 10.1. The molecule has 0 unspecified atom stereocenters. The third kappa shape index (κ3) is 2.30. The molecule has 0 bridgehead atoms. The third-order valence-corrected chi connectivity index (χ3v) is 2.65. The fourth-order valence-electron chi connectivity index (χ4n) is 1.63. The minimum absolute atomic E-state index is 0.0244. The molecule has 2 rings (SSSR count). The lowest BCUT2D eigenvalue weighted by Crippen LogP contribution is -2.17. The second-order valence-electron chi connectivity index (χ2n) is 3.78. The topological polar surface area (TPSA) is 116 Å². The van der Waals surface area contributed by atoms with E-state index in [4.69, 9.17) is 20.9 Å². The normalized spacial score (nSPS) is 10.2. The van der Waals surface area contributed by atoms with Crippen molar-refractivity contribution < 1.29 is 9.47 Å². The number of benzene rings is 1. The molecule has 0 aliphatic carbocycles. The molecule has 0 amide bonds. The second-order valence-corrected chi connectivity index (χ2v) is 3.78. The summed E-state index contributed by atoms with van der Waals surface area (Å²) in [6.07, 6.45) is 0. The van der Waals surface area contributed by atoms with Gasteiger partial charge in [-0.2, -0.15) is 0 Å². The number of nitrogen functional groups attached to an aromatic ring is 2. The van der Waals surface area contributed by atoms with E-state index in [1.807, 2.05) is 0 Å². The van der Waals surface area contributed by atoms with E-state index in [1.165, 1.54) is 7.11 Å². The Morgan fingerprint density at radius 1 is 1.21 bits per heavy atom. The van der Waals surface area contributed by atoms with Gasteiger partial charge in [-0.15, -0.1) is 0 Å². The molecule has 0 aliphatic rings. The van der Waals surface area contributed by atoms with E-state index in [-0.39, 0.29) is 17.3 Å². The number of anilines is 2. The SMILES string of the molecule is COc1ccc(OC)c(-c2nc(N)c(N)c(=O)[nH]2)c1. The molecule has 0 spiro atoms. The number of aromatic nitrogens is 2. The molecule has 19 heavy (non-hydrogen) atoms. The Labute approximate surface area is 109 Å². The second kappa shape index (κ2) is 4.89. The molecule has 1 aromatic carbocycles. The zero-order valence-corrected chi connectivity index (χ0v) is 10.6. The first-order valence-electron chi connectivity index (χ1n) is 5.44. The van der Waals surface area contributed by atoms with Crippen LogP contribution in [0.4, 0.5) is 11.5 Å². The molecule has 0 atom stereocenters. The number of H-pyrrole nitrogens is 1. The van der Waals surface area contributed by atoms with Gasteiger partial charge in [0.25, 0.3) is 5.56 Å². The summed E-state index contributed by atoms with van der Waals surface area (Å²) in [6, 6.07) is 5.13. The lowest BCUT2D eigenvalue weighted by molar-refractivity contribution is 0.404. The van der Waals surface area contributed by atoms with Gasteiger partial charge in [-0.05, 0) is 18.2 Å². The standard InChI is InChI=1S/C12H14N4O3/c1-18-6-3-4-8(19-2)7(5-6)11-15-10(14)9(13)12(17)16-11/h3-5H,13H2,1-2H3,(H3,14,15,16,17). The van der Waals surface area contributed by atoms with Crippen molar-refractivity contribution in [2.75, 3.05) is 25.7 Å². The summed E-state index contributed by atoms with van der Waals surface area (Å²) in [5, 5.41) is 0. The molecule has 0 fully saturated rings. The first kappa shape index (κ1) is 12.7. The highest BCUT2D eigenvalue weighted by atomic mass is 16.5. The Kier molecular flexibility index (Phi) is 3.28. The number of aromatic amines is 1. The van der Waals surface area contributed by atoms with Crippen LogP contribution in [0.1, 0.15) is 0 Å². The Morgan fingerprint density at radius 3 is 2.53 bits per heavy atom. The van der Waals surface area contributed by atoms with Gasteiger partial charge in [0.05, 0.1) is 19.8 Å². The van der Waals surface area contributed by atoms with Gasteiger partial charge in [-0.3, -0.25) is 4.79 Å². The van der Waals surface area contributed by atoms with Crippen molar-refractivity contribution in [2.24, 2.45) is 0 Å². The van der Waals surface area contributed by atoms with Gasteiger partial charge in [0.2, 0.25) is 0 Å². The van der Waals surface area contributed by atoms with Crippen molar-refractivity contribution in [3.05, 3.63) is 28.6 Å². The number of nitrogens with zero attached hydrogens (tertiary/aromatic N) is 1. The van der Waals surface area contributed by atoms with Gasteiger partial charge < -0.3 is 25.9 Å². The van der Waals surface area contributed by atoms with Gasteiger partial charge in [0.15, 0.2) is 5.82 Å². The van der Waals surface area contributed by atoms with E-state index in [2.05, 4.69) is 9.97 Å². The van der Waals surface area contributed by atoms with Gasteiger partial charge in [-0.1, -0.05) is 0 Å². The predicted octanol–water partition coefficient (Wildman–Crippen LogP) is 0.618. The van der Waals surface area contributed by atoms with E-state index >= 15 is 0 Å². The number of hydrogen-bond donors (Lipinski definition) is 3. The zero-order valence-electron chi connectivity index (χ0n) is 10.6. The van der Waals surface area contributed by atoms with Gasteiger partial charge in [0.1, 0.15) is 23.0 Å². The summed E-state index contributed by atoms with van der Waals surface area (Å²) in [5.74, 6) is 1.39. The van der Waals surface area contributed by atoms with E-state index in [1.54, 1.807) is 25.3 Å². The van der Waals surface area contributed by atoms with Crippen LogP contribution in [0.25, 0.3) is 11.4 Å². The van der Waals surface area contributed by atoms with Crippen molar-refractivity contribution in [1.29, 1.82) is 0 Å². The van der Waals surface area contributed by atoms with Crippen LogP contribution < -0.4 is 26.5 Å². The average molecular weight is 262 g/mol. The van der Waals surface area contributed by atoms with Crippen LogP contribution in [0, 0.1) is 0 Å². The molecule has 1 heterocycles. The zero-order chi connectivity index (χ0) is 14.0. The summed E-state index contributed by atoms with van der Waals surface area (Å²) in [7, 11) is 3.06. The Bertz CT molecular complexity index is 667. The average Bonchev–Trinajstić information content (AvgIpc) is 2.43. The molecule has 1 aromatic heterocycles. The lowest BCUT2D eigenvalue weighted by Gasteiger charge is -2.10. The Hall–Kier alpha value is -2.70. The minimum atomic E-state index is -0.493. The maximum Gasteiger partial charge on any atom is 0.276 e. The first-order valence-corrected chi connectivity index (χ1v) is 5.44. The first-order chi connectivity index (χ1) is 9.06. The largest absolute Gasteiger partial charge is 0.497 e. The molecule has 0 saturated heterocycles. The quantitative estimate of drug-likeness (QED) is 0.746. The van der Waals surface area contributed by atoms with E-state index in [0.29, 0.717) is 17.1 Å². The molecule has 0 radical (unpaired) electrons. The van der Waals surface area contributed by atoms with Crippen LogP contribution in [0.5, 0.6) is 11.5 Å². The molecule has 0 saturated carbocycles. The summed E-state index contributed by atoms with van der Waals surface area (Å²) in [5.41, 5.74) is 11.0. The highest BCUT2D eigenvalue weighted by Gasteiger charge is 2.12. The number of nitrogens with two attached hydrogens (primary N) is 2. The summed E-state index contributed by atoms with van der Waals surface area (Å²) in [6.45, 7) is 0. The highest BCUT2D eigenvalue weighted by Crippen LogP contribution is 2.31. The number of ether oxygens (including phenoxy) is 2. The van der Waals surface area contributed by atoms with Crippen LogP contribution in [0.15, 0.2) is 23.0 Å². The molecule has 7 heteroatoms. The van der Waals surface area contributed by atoms with E-state index in [9.17, 15) is 4.79 Å². The van der Waals surface area contributed by atoms with Crippen LogP contribution in [0.2, 0.25) is 0 Å². The van der Waals surface area contributed by atoms with Gasteiger partial charge in [0, 0.05) is 0 Å². The molecule has 0 aliphatic heterocycles. The van der Waals surface area contributed by atoms with Crippen LogP contribution in [-0.4, -0.2) is 24.2 Å². The Morgan fingerprint density at radius 2 is 1.95 bits per heavy atom. The van der Waals surface area contributed by atoms with Crippen LogP contribution in [-0.2, 0) is 0 Å². The predicted molar refractivity (Wildman–Crippen MR) is 72.2 cm³/mol. The summed E-state index contributed by atoms with van der Waals surface area (Å²) in [4.78, 5) is 18.2. The minimum Gasteiger partial charge on any atom is -0.497 e. The fraction of sp³-hybridized carbons (Fsp3) is 0.167. The number of nitrogens with one attached hydrogen (secondary N) is 1. The fourth-order valence-corrected chi connectivity index (χ4v) is 1.63. The summed E-state index contributed by atoms with van der Waals surface area (Å²) >= 11 is 0. The monoisotopic (exact) mass is 262 g/mol. The number of methoxy groups -OCH3 is 2. The van der Waals surface area contributed by atoms with Crippen LogP contribution in [0.3, 0.4) is 0 Å². The number of rotatable bonds is 3. The van der Waals surface area contributed by atoms with Crippen molar-refractivity contribution in [1.82, 2.24) is 9.97 Å². The van der Waals surface area contributed by atoms with Crippen LogP contribution >= 0.6 is 0 Å². The van der Waals surface area contributed by atoms with Crippen molar-refractivity contribution in [3.8, 4) is 22.9 Å².